The number of piperidine rings is 1. The summed E-state index contributed by atoms with van der Waals surface area (Å²) >= 11 is 0. The predicted octanol–water partition coefficient (Wildman–Crippen LogP) is 3.01. The van der Waals surface area contributed by atoms with Crippen LogP contribution < -0.4 is 10.6 Å². The molecule has 0 unspecified atom stereocenters. The van der Waals surface area contributed by atoms with Crippen LogP contribution in [0.1, 0.15) is 44.1 Å². The highest BCUT2D eigenvalue weighted by atomic mass is 35.5. The minimum Gasteiger partial charge on any atom is -0.353 e. The summed E-state index contributed by atoms with van der Waals surface area (Å²) in [5.74, 6) is 0.116. The van der Waals surface area contributed by atoms with Crippen molar-refractivity contribution in [1.82, 2.24) is 20.4 Å². The summed E-state index contributed by atoms with van der Waals surface area (Å²) in [5, 5.41) is 11.1. The van der Waals surface area contributed by atoms with E-state index in [9.17, 15) is 4.79 Å². The van der Waals surface area contributed by atoms with Crippen molar-refractivity contribution >= 4 is 18.3 Å². The molecule has 6 heteroatoms. The number of hydrogen-bond acceptors (Lipinski definition) is 3. The number of rotatable bonds is 5. The maximum Gasteiger partial charge on any atom is 0.248 e. The molecule has 1 aromatic carbocycles. The summed E-state index contributed by atoms with van der Waals surface area (Å²) in [7, 11) is 0. The van der Waals surface area contributed by atoms with E-state index in [1.165, 1.54) is 18.4 Å². The van der Waals surface area contributed by atoms with Crippen molar-refractivity contribution in [2.75, 3.05) is 19.6 Å². The molecule has 0 atom stereocenters. The molecule has 27 heavy (non-hydrogen) atoms. The molecule has 2 aromatic rings. The van der Waals surface area contributed by atoms with E-state index in [4.69, 9.17) is 0 Å². The Morgan fingerprint density at radius 1 is 1.07 bits per heavy atom. The van der Waals surface area contributed by atoms with Crippen molar-refractivity contribution in [3.63, 3.8) is 0 Å². The molecule has 0 bridgehead atoms. The number of carbonyl (C=O) groups is 1. The minimum atomic E-state index is -0.564. The van der Waals surface area contributed by atoms with Gasteiger partial charge in [-0.25, -0.2) is 0 Å². The SMILES string of the molecule is Cl.O=C(NCC1(c2ccccc2)CCCC1)C1(n2cccn2)CCNCC1. The lowest BCUT2D eigenvalue weighted by atomic mass is 9.78. The number of nitrogens with zero attached hydrogens (tertiary/aromatic N) is 2. The zero-order valence-corrected chi connectivity index (χ0v) is 16.5. The van der Waals surface area contributed by atoms with E-state index in [0.717, 1.165) is 38.8 Å². The molecule has 0 radical (unpaired) electrons. The Labute approximate surface area is 167 Å². The highest BCUT2D eigenvalue weighted by molar-refractivity contribution is 5.85. The predicted molar refractivity (Wildman–Crippen MR) is 109 cm³/mol. The highest BCUT2D eigenvalue weighted by Crippen LogP contribution is 2.40. The van der Waals surface area contributed by atoms with Crippen molar-refractivity contribution in [1.29, 1.82) is 0 Å². The molecule has 4 rings (SSSR count). The Balaban J connectivity index is 0.00000210. The molecule has 146 valence electrons. The van der Waals surface area contributed by atoms with Crippen LogP contribution in [0.2, 0.25) is 0 Å². The number of benzene rings is 1. The molecule has 2 fully saturated rings. The molecule has 0 spiro atoms. The fourth-order valence-electron chi connectivity index (χ4n) is 4.75. The van der Waals surface area contributed by atoms with E-state index >= 15 is 0 Å². The van der Waals surface area contributed by atoms with Gasteiger partial charge in [0.2, 0.25) is 5.91 Å². The van der Waals surface area contributed by atoms with E-state index in [1.54, 1.807) is 6.20 Å². The fourth-order valence-corrected chi connectivity index (χ4v) is 4.75. The summed E-state index contributed by atoms with van der Waals surface area (Å²) in [4.78, 5) is 13.3. The lowest BCUT2D eigenvalue weighted by molar-refractivity contribution is -0.132. The Morgan fingerprint density at radius 3 is 2.41 bits per heavy atom. The Morgan fingerprint density at radius 2 is 1.78 bits per heavy atom. The maximum atomic E-state index is 13.3. The quantitative estimate of drug-likeness (QED) is 0.827. The third-order valence-corrected chi connectivity index (χ3v) is 6.33. The molecule has 5 nitrogen and oxygen atoms in total. The standard InChI is InChI=1S/C21H28N4O.ClH/c26-19(21(11-14-22-15-12-21)25-16-6-13-24-25)23-17-20(9-4-5-10-20)18-7-2-1-3-8-18;/h1-3,6-8,13,16,22H,4-5,9-12,14-15,17H2,(H,23,26);1H. The summed E-state index contributed by atoms with van der Waals surface area (Å²) in [6.07, 6.45) is 10.0. The van der Waals surface area contributed by atoms with Crippen LogP contribution in [0.25, 0.3) is 0 Å². The van der Waals surface area contributed by atoms with Crippen molar-refractivity contribution in [2.45, 2.75) is 49.5 Å². The van der Waals surface area contributed by atoms with E-state index in [1.807, 2.05) is 16.9 Å². The van der Waals surface area contributed by atoms with E-state index in [-0.39, 0.29) is 23.7 Å². The first-order valence-electron chi connectivity index (χ1n) is 9.80. The molecule has 1 aliphatic heterocycles. The molecule has 2 N–H and O–H groups in total. The average Bonchev–Trinajstić information content (AvgIpc) is 3.40. The summed E-state index contributed by atoms with van der Waals surface area (Å²) in [5.41, 5.74) is 0.872. The van der Waals surface area contributed by atoms with Gasteiger partial charge in [0.25, 0.3) is 0 Å². The fraction of sp³-hybridized carbons (Fsp3) is 0.524. The van der Waals surface area contributed by atoms with Gasteiger partial charge in [-0.15, -0.1) is 12.4 Å². The van der Waals surface area contributed by atoms with Gasteiger partial charge < -0.3 is 10.6 Å². The Hall–Kier alpha value is -1.85. The molecule has 1 aromatic heterocycles. The topological polar surface area (TPSA) is 59.0 Å². The van der Waals surface area contributed by atoms with Crippen molar-refractivity contribution in [2.24, 2.45) is 0 Å². The second kappa shape index (κ2) is 8.44. The van der Waals surface area contributed by atoms with Gasteiger partial charge in [0.15, 0.2) is 0 Å². The van der Waals surface area contributed by atoms with Crippen LogP contribution in [0, 0.1) is 0 Å². The lowest BCUT2D eigenvalue weighted by Crippen LogP contribution is -2.56. The number of nitrogens with one attached hydrogen (secondary N) is 2. The smallest absolute Gasteiger partial charge is 0.248 e. The lowest BCUT2D eigenvalue weighted by Gasteiger charge is -2.38. The Kier molecular flexibility index (Phi) is 6.22. The zero-order valence-electron chi connectivity index (χ0n) is 15.7. The van der Waals surface area contributed by atoms with Gasteiger partial charge in [0, 0.05) is 24.4 Å². The van der Waals surface area contributed by atoms with Crippen LogP contribution in [0.15, 0.2) is 48.8 Å². The van der Waals surface area contributed by atoms with Gasteiger partial charge in [-0.1, -0.05) is 43.2 Å². The molecule has 2 aliphatic rings. The number of hydrogen-bond donors (Lipinski definition) is 2. The van der Waals surface area contributed by atoms with E-state index < -0.39 is 5.54 Å². The van der Waals surface area contributed by atoms with Crippen LogP contribution in [0.4, 0.5) is 0 Å². The van der Waals surface area contributed by atoms with Gasteiger partial charge in [-0.05, 0) is 50.4 Å². The molecular weight excluding hydrogens is 360 g/mol. The normalized spacial score (nSPS) is 20.6. The summed E-state index contributed by atoms with van der Waals surface area (Å²) in [6, 6.07) is 12.6. The van der Waals surface area contributed by atoms with Crippen LogP contribution in [-0.2, 0) is 15.7 Å². The van der Waals surface area contributed by atoms with Crippen molar-refractivity contribution in [3.8, 4) is 0 Å². The van der Waals surface area contributed by atoms with Crippen LogP contribution >= 0.6 is 12.4 Å². The van der Waals surface area contributed by atoms with E-state index in [0.29, 0.717) is 6.54 Å². The van der Waals surface area contributed by atoms with Gasteiger partial charge in [-0.2, -0.15) is 5.10 Å². The van der Waals surface area contributed by atoms with Crippen LogP contribution in [-0.4, -0.2) is 35.3 Å². The van der Waals surface area contributed by atoms with Crippen molar-refractivity contribution < 1.29 is 4.79 Å². The van der Waals surface area contributed by atoms with Crippen molar-refractivity contribution in [3.05, 3.63) is 54.4 Å². The van der Waals surface area contributed by atoms with Crippen LogP contribution in [0.3, 0.4) is 0 Å². The third kappa shape index (κ3) is 3.76. The summed E-state index contributed by atoms with van der Waals surface area (Å²) in [6.45, 7) is 2.40. The monoisotopic (exact) mass is 388 g/mol. The zero-order chi connectivity index (χ0) is 17.9. The number of halogens is 1. The maximum absolute atomic E-state index is 13.3. The van der Waals surface area contributed by atoms with Gasteiger partial charge in [0.1, 0.15) is 5.54 Å². The van der Waals surface area contributed by atoms with Gasteiger partial charge >= 0.3 is 0 Å². The second-order valence-electron chi connectivity index (χ2n) is 7.77. The number of aromatic nitrogens is 2. The molecule has 2 heterocycles. The molecular formula is C21H29ClN4O. The highest BCUT2D eigenvalue weighted by Gasteiger charge is 2.43. The minimum absolute atomic E-state index is 0. The number of amides is 1. The molecule has 1 saturated carbocycles. The Bertz CT molecular complexity index is 720. The summed E-state index contributed by atoms with van der Waals surface area (Å²) < 4.78 is 1.87. The van der Waals surface area contributed by atoms with E-state index in [2.05, 4.69) is 46.1 Å². The third-order valence-electron chi connectivity index (χ3n) is 6.33. The average molecular weight is 389 g/mol. The first-order valence-corrected chi connectivity index (χ1v) is 9.80. The van der Waals surface area contributed by atoms with Gasteiger partial charge in [-0.3, -0.25) is 9.48 Å². The first kappa shape index (κ1) is 19.9. The number of carbonyl (C=O) groups excluding carboxylic acids is 1. The molecule has 1 aliphatic carbocycles. The molecule has 1 saturated heterocycles. The van der Waals surface area contributed by atoms with Gasteiger partial charge in [0.05, 0.1) is 0 Å². The molecule has 1 amide bonds. The second-order valence-corrected chi connectivity index (χ2v) is 7.77. The first-order chi connectivity index (χ1) is 12.8. The van der Waals surface area contributed by atoms with Crippen LogP contribution in [0.5, 0.6) is 0 Å². The largest absolute Gasteiger partial charge is 0.353 e.